The van der Waals surface area contributed by atoms with Crippen LogP contribution in [0.1, 0.15) is 53.1 Å². The summed E-state index contributed by atoms with van der Waals surface area (Å²) >= 11 is 0. The SMILES string of the molecule is CC(=O)Nc1cc2n(n1)CCN(c1cc3c(c(OC(F)F)c1)C(=O)N([C@@H](C)C1CC1)C3)C2=O. The van der Waals surface area contributed by atoms with Crippen LogP contribution in [0, 0.1) is 5.92 Å². The van der Waals surface area contributed by atoms with Gasteiger partial charge in [0.15, 0.2) is 5.82 Å². The number of rotatable bonds is 6. The largest absolute Gasteiger partial charge is 0.434 e. The molecule has 0 radical (unpaired) electrons. The van der Waals surface area contributed by atoms with E-state index >= 15 is 0 Å². The maximum atomic E-state index is 13.2. The minimum Gasteiger partial charge on any atom is -0.434 e. The number of carbonyl (C=O) groups excluding carboxylic acids is 3. The smallest absolute Gasteiger partial charge is 0.387 e. The standard InChI is InChI=1S/C22H23F2N5O4/c1-11(13-3-4-13)28-10-14-7-15(8-17(33-22(23)24)19(14)21(28)32)27-5-6-29-16(20(27)31)9-18(26-29)25-12(2)30/h7-9,11,13,22H,3-6,10H2,1-2H3,(H,25,26,30)/t11-/m0/s1. The van der Waals surface area contributed by atoms with E-state index in [1.807, 2.05) is 6.92 Å². The first kappa shape index (κ1) is 21.4. The van der Waals surface area contributed by atoms with Crippen molar-refractivity contribution >= 4 is 29.2 Å². The fraction of sp³-hybridized carbons (Fsp3) is 0.455. The van der Waals surface area contributed by atoms with E-state index in [1.165, 1.54) is 28.6 Å². The minimum absolute atomic E-state index is 0.00548. The van der Waals surface area contributed by atoms with Gasteiger partial charge in [0.1, 0.15) is 11.4 Å². The average Bonchev–Trinajstić information content (AvgIpc) is 3.42. The van der Waals surface area contributed by atoms with Crippen LogP contribution in [0.4, 0.5) is 20.3 Å². The summed E-state index contributed by atoms with van der Waals surface area (Å²) in [4.78, 5) is 40.7. The van der Waals surface area contributed by atoms with Crippen molar-refractivity contribution in [2.45, 2.75) is 52.4 Å². The third kappa shape index (κ3) is 3.81. The summed E-state index contributed by atoms with van der Waals surface area (Å²) in [6.07, 6.45) is 2.09. The van der Waals surface area contributed by atoms with Crippen LogP contribution in [0.5, 0.6) is 5.75 Å². The molecule has 9 nitrogen and oxygen atoms in total. The van der Waals surface area contributed by atoms with Crippen molar-refractivity contribution in [3.8, 4) is 5.75 Å². The number of carbonyl (C=O) groups is 3. The fourth-order valence-corrected chi connectivity index (χ4v) is 4.61. The lowest BCUT2D eigenvalue weighted by molar-refractivity contribution is -0.114. The molecule has 0 unspecified atom stereocenters. The Morgan fingerprint density at radius 3 is 2.61 bits per heavy atom. The molecular weight excluding hydrogens is 436 g/mol. The molecular formula is C22H23F2N5O4. The number of alkyl halides is 2. The van der Waals surface area contributed by atoms with Crippen LogP contribution >= 0.6 is 0 Å². The second-order valence-corrected chi connectivity index (χ2v) is 8.64. The van der Waals surface area contributed by atoms with Crippen molar-refractivity contribution in [3.63, 3.8) is 0 Å². The second kappa shape index (κ2) is 7.82. The van der Waals surface area contributed by atoms with E-state index in [0.29, 0.717) is 23.7 Å². The fourth-order valence-electron chi connectivity index (χ4n) is 4.61. The number of hydrogen-bond donors (Lipinski definition) is 1. The maximum Gasteiger partial charge on any atom is 0.387 e. The Balaban J connectivity index is 1.49. The number of fused-ring (bicyclic) bond motifs is 2. The van der Waals surface area contributed by atoms with E-state index in [2.05, 4.69) is 10.4 Å². The van der Waals surface area contributed by atoms with Gasteiger partial charge in [-0.2, -0.15) is 13.9 Å². The van der Waals surface area contributed by atoms with Gasteiger partial charge in [0.25, 0.3) is 11.8 Å². The topological polar surface area (TPSA) is 96.8 Å². The van der Waals surface area contributed by atoms with Gasteiger partial charge in [-0.3, -0.25) is 19.1 Å². The first-order chi connectivity index (χ1) is 15.7. The van der Waals surface area contributed by atoms with Crippen LogP contribution in [-0.4, -0.2) is 51.6 Å². The van der Waals surface area contributed by atoms with Crippen LogP contribution in [0.3, 0.4) is 0 Å². The van der Waals surface area contributed by atoms with Crippen LogP contribution in [0.15, 0.2) is 18.2 Å². The van der Waals surface area contributed by atoms with E-state index in [-0.39, 0.29) is 59.7 Å². The van der Waals surface area contributed by atoms with Crippen molar-refractivity contribution in [2.24, 2.45) is 5.92 Å². The lowest BCUT2D eigenvalue weighted by Gasteiger charge is -2.28. The predicted molar refractivity (Wildman–Crippen MR) is 113 cm³/mol. The molecule has 2 aromatic rings. The average molecular weight is 459 g/mol. The molecule has 0 saturated heterocycles. The Bertz CT molecular complexity index is 1160. The Hall–Kier alpha value is -3.50. The summed E-state index contributed by atoms with van der Waals surface area (Å²) < 4.78 is 32.6. The quantitative estimate of drug-likeness (QED) is 0.717. The Labute approximate surface area is 188 Å². The van der Waals surface area contributed by atoms with Gasteiger partial charge in [0.05, 0.1) is 12.1 Å². The number of amides is 3. The molecule has 1 saturated carbocycles. The number of nitrogens with zero attached hydrogens (tertiary/aromatic N) is 4. The van der Waals surface area contributed by atoms with E-state index in [9.17, 15) is 23.2 Å². The first-order valence-corrected chi connectivity index (χ1v) is 10.8. The Morgan fingerprint density at radius 2 is 1.94 bits per heavy atom. The van der Waals surface area contributed by atoms with Gasteiger partial charge in [-0.15, -0.1) is 0 Å². The van der Waals surface area contributed by atoms with Gasteiger partial charge >= 0.3 is 6.61 Å². The van der Waals surface area contributed by atoms with Crippen molar-refractivity contribution in [1.29, 1.82) is 0 Å². The van der Waals surface area contributed by atoms with Crippen LogP contribution in [-0.2, 0) is 17.9 Å². The zero-order valence-electron chi connectivity index (χ0n) is 18.2. The zero-order valence-corrected chi connectivity index (χ0v) is 18.2. The van der Waals surface area contributed by atoms with Gasteiger partial charge in [-0.25, -0.2) is 0 Å². The van der Waals surface area contributed by atoms with Gasteiger partial charge in [0, 0.05) is 43.9 Å². The number of halogens is 2. The molecule has 0 spiro atoms. The molecule has 1 aromatic heterocycles. The van der Waals surface area contributed by atoms with Crippen molar-refractivity contribution in [2.75, 3.05) is 16.8 Å². The van der Waals surface area contributed by atoms with Gasteiger partial charge < -0.3 is 19.9 Å². The third-order valence-electron chi connectivity index (χ3n) is 6.39. The summed E-state index contributed by atoms with van der Waals surface area (Å²) in [5.74, 6) is -0.561. The number of aromatic nitrogens is 2. The molecule has 1 fully saturated rings. The third-order valence-corrected chi connectivity index (χ3v) is 6.39. The molecule has 0 bridgehead atoms. The molecule has 1 aromatic carbocycles. The highest BCUT2D eigenvalue weighted by Crippen LogP contribution is 2.42. The van der Waals surface area contributed by atoms with E-state index < -0.39 is 6.61 Å². The number of benzene rings is 1. The molecule has 1 N–H and O–H groups in total. The van der Waals surface area contributed by atoms with Crippen molar-refractivity contribution in [1.82, 2.24) is 14.7 Å². The normalized spacial score (nSPS) is 18.5. The summed E-state index contributed by atoms with van der Waals surface area (Å²) in [5.41, 5.74) is 1.33. The van der Waals surface area contributed by atoms with Crippen molar-refractivity contribution in [3.05, 3.63) is 35.0 Å². The number of ether oxygens (including phenoxy) is 1. The van der Waals surface area contributed by atoms with E-state index in [1.54, 1.807) is 11.0 Å². The molecule has 5 rings (SSSR count). The second-order valence-electron chi connectivity index (χ2n) is 8.64. The highest BCUT2D eigenvalue weighted by Gasteiger charge is 2.41. The van der Waals surface area contributed by atoms with Gasteiger partial charge in [-0.05, 0) is 37.3 Å². The number of nitrogens with one attached hydrogen (secondary N) is 1. The molecule has 174 valence electrons. The number of hydrogen-bond acceptors (Lipinski definition) is 5. The summed E-state index contributed by atoms with van der Waals surface area (Å²) in [5, 5.41) is 6.76. The van der Waals surface area contributed by atoms with Crippen molar-refractivity contribution < 1.29 is 27.9 Å². The minimum atomic E-state index is -3.11. The highest BCUT2D eigenvalue weighted by atomic mass is 19.3. The molecule has 3 aliphatic rings. The predicted octanol–water partition coefficient (Wildman–Crippen LogP) is 2.86. The molecule has 1 aliphatic carbocycles. The Morgan fingerprint density at radius 1 is 1.18 bits per heavy atom. The molecule has 2 aliphatic heterocycles. The summed E-state index contributed by atoms with van der Waals surface area (Å²) in [6.45, 7) is 1.09. The molecule has 11 heteroatoms. The Kier molecular flexibility index (Phi) is 5.06. The lowest BCUT2D eigenvalue weighted by Crippen LogP contribution is -2.40. The van der Waals surface area contributed by atoms with Gasteiger partial charge in [0.2, 0.25) is 5.91 Å². The number of anilines is 2. The summed E-state index contributed by atoms with van der Waals surface area (Å²) in [7, 11) is 0. The van der Waals surface area contributed by atoms with Crippen LogP contribution in [0.25, 0.3) is 0 Å². The van der Waals surface area contributed by atoms with Crippen LogP contribution in [0.2, 0.25) is 0 Å². The van der Waals surface area contributed by atoms with E-state index in [4.69, 9.17) is 4.74 Å². The monoisotopic (exact) mass is 459 g/mol. The summed E-state index contributed by atoms with van der Waals surface area (Å²) in [6, 6.07) is 4.50. The first-order valence-electron chi connectivity index (χ1n) is 10.8. The highest BCUT2D eigenvalue weighted by molar-refractivity contribution is 6.08. The van der Waals surface area contributed by atoms with Crippen LogP contribution < -0.4 is 15.0 Å². The lowest BCUT2D eigenvalue weighted by atomic mass is 10.1. The zero-order chi connectivity index (χ0) is 23.4. The van der Waals surface area contributed by atoms with E-state index in [0.717, 1.165) is 12.8 Å². The van der Waals surface area contributed by atoms with Gasteiger partial charge in [-0.1, -0.05) is 0 Å². The molecule has 3 amide bonds. The molecule has 33 heavy (non-hydrogen) atoms. The molecule has 1 atom stereocenters. The maximum absolute atomic E-state index is 13.2. The molecule has 3 heterocycles.